The normalized spacial score (nSPS) is 10.9. The van der Waals surface area contributed by atoms with Gasteiger partial charge in [-0.05, 0) is 40.6 Å². The van der Waals surface area contributed by atoms with E-state index < -0.39 is 0 Å². The average molecular weight is 383 g/mol. The summed E-state index contributed by atoms with van der Waals surface area (Å²) >= 11 is 3.44. The van der Waals surface area contributed by atoms with Crippen LogP contribution in [0.4, 0.5) is 0 Å². The number of hydrogen-bond donors (Lipinski definition) is 1. The van der Waals surface area contributed by atoms with Gasteiger partial charge in [-0.2, -0.15) is 5.10 Å². The third-order valence-corrected chi connectivity index (χ3v) is 3.84. The van der Waals surface area contributed by atoms with Crippen LogP contribution in [0.25, 0.3) is 10.8 Å². The molecule has 0 fully saturated rings. The first-order valence-corrected chi connectivity index (χ1v) is 8.19. The van der Waals surface area contributed by atoms with Gasteiger partial charge in [0.15, 0.2) is 6.61 Å². The Morgan fingerprint density at radius 2 is 1.79 bits per heavy atom. The summed E-state index contributed by atoms with van der Waals surface area (Å²) in [7, 11) is 0. The van der Waals surface area contributed by atoms with Crippen LogP contribution in [0.15, 0.2) is 76.3 Å². The highest BCUT2D eigenvalue weighted by atomic mass is 79.9. The number of ether oxygens (including phenoxy) is 1. The fraction of sp³-hybridized carbons (Fsp3) is 0.0526. The zero-order valence-electron chi connectivity index (χ0n) is 12.8. The van der Waals surface area contributed by atoms with Gasteiger partial charge in [0.1, 0.15) is 5.75 Å². The largest absolute Gasteiger partial charge is 0.484 e. The van der Waals surface area contributed by atoms with E-state index in [0.29, 0.717) is 5.75 Å². The second-order valence-corrected chi connectivity index (χ2v) is 6.06. The number of carbonyl (C=O) groups excluding carboxylic acids is 1. The number of nitrogens with one attached hydrogen (secondary N) is 1. The van der Waals surface area contributed by atoms with Crippen LogP contribution in [-0.4, -0.2) is 18.7 Å². The molecule has 0 atom stereocenters. The molecule has 3 rings (SSSR count). The first-order chi connectivity index (χ1) is 11.7. The van der Waals surface area contributed by atoms with Crippen molar-refractivity contribution in [1.29, 1.82) is 0 Å². The number of benzene rings is 3. The van der Waals surface area contributed by atoms with Crippen molar-refractivity contribution < 1.29 is 9.53 Å². The summed E-state index contributed by atoms with van der Waals surface area (Å²) < 4.78 is 6.54. The van der Waals surface area contributed by atoms with E-state index in [1.165, 1.54) is 0 Å². The van der Waals surface area contributed by atoms with Crippen molar-refractivity contribution in [3.63, 3.8) is 0 Å². The number of nitrogens with zero attached hydrogens (tertiary/aromatic N) is 1. The molecule has 0 saturated carbocycles. The summed E-state index contributed by atoms with van der Waals surface area (Å²) in [6.45, 7) is -0.0891. The molecule has 4 nitrogen and oxygen atoms in total. The zero-order chi connectivity index (χ0) is 16.8. The minimum atomic E-state index is -0.307. The first-order valence-electron chi connectivity index (χ1n) is 7.40. The lowest BCUT2D eigenvalue weighted by atomic mass is 10.1. The van der Waals surface area contributed by atoms with Gasteiger partial charge >= 0.3 is 0 Å². The van der Waals surface area contributed by atoms with Crippen molar-refractivity contribution in [2.75, 3.05) is 6.61 Å². The van der Waals surface area contributed by atoms with Gasteiger partial charge < -0.3 is 4.74 Å². The fourth-order valence-electron chi connectivity index (χ4n) is 2.18. The third kappa shape index (κ3) is 4.43. The van der Waals surface area contributed by atoms with Gasteiger partial charge in [0, 0.05) is 4.47 Å². The standard InChI is InChI=1S/C19H15BrN2O2/c20-17-8-6-16-11-18(9-7-15(16)10-17)24-13-19(23)22-21-12-14-4-2-1-3-5-14/h1-12H,13H2,(H,22,23)/b21-12+. The fourth-order valence-corrected chi connectivity index (χ4v) is 2.56. The summed E-state index contributed by atoms with van der Waals surface area (Å²) in [5.74, 6) is 0.338. The van der Waals surface area contributed by atoms with E-state index in [2.05, 4.69) is 26.5 Å². The van der Waals surface area contributed by atoms with Gasteiger partial charge in [-0.15, -0.1) is 0 Å². The second kappa shape index (κ2) is 7.75. The van der Waals surface area contributed by atoms with Crippen LogP contribution in [0.5, 0.6) is 5.75 Å². The topological polar surface area (TPSA) is 50.7 Å². The average Bonchev–Trinajstić information content (AvgIpc) is 2.61. The number of rotatable bonds is 5. The Morgan fingerprint density at radius 3 is 2.62 bits per heavy atom. The number of amides is 1. The quantitative estimate of drug-likeness (QED) is 0.532. The lowest BCUT2D eigenvalue weighted by Crippen LogP contribution is -2.24. The SMILES string of the molecule is O=C(COc1ccc2cc(Br)ccc2c1)N/N=C/c1ccccc1. The van der Waals surface area contributed by atoms with Gasteiger partial charge in [0.25, 0.3) is 5.91 Å². The molecule has 0 saturated heterocycles. The van der Waals surface area contributed by atoms with E-state index in [4.69, 9.17) is 4.74 Å². The lowest BCUT2D eigenvalue weighted by Gasteiger charge is -2.06. The molecule has 1 N–H and O–H groups in total. The minimum Gasteiger partial charge on any atom is -0.484 e. The lowest BCUT2D eigenvalue weighted by molar-refractivity contribution is -0.123. The summed E-state index contributed by atoms with van der Waals surface area (Å²) in [6, 6.07) is 21.2. The Bertz CT molecular complexity index is 879. The summed E-state index contributed by atoms with van der Waals surface area (Å²) in [5, 5.41) is 6.06. The van der Waals surface area contributed by atoms with Gasteiger partial charge in [0.05, 0.1) is 6.21 Å². The third-order valence-electron chi connectivity index (χ3n) is 3.35. The highest BCUT2D eigenvalue weighted by molar-refractivity contribution is 9.10. The molecule has 5 heteroatoms. The molecule has 0 bridgehead atoms. The number of fused-ring (bicyclic) bond motifs is 1. The molecule has 3 aromatic carbocycles. The second-order valence-electron chi connectivity index (χ2n) is 5.15. The highest BCUT2D eigenvalue weighted by Crippen LogP contribution is 2.24. The van der Waals surface area contributed by atoms with Crippen molar-refractivity contribution >= 4 is 38.8 Å². The van der Waals surface area contributed by atoms with Crippen LogP contribution in [-0.2, 0) is 4.79 Å². The molecule has 3 aromatic rings. The molecular formula is C19H15BrN2O2. The number of halogens is 1. The number of hydrazone groups is 1. The molecule has 0 aliphatic heterocycles. The van der Waals surface area contributed by atoms with Crippen LogP contribution in [0.2, 0.25) is 0 Å². The summed E-state index contributed by atoms with van der Waals surface area (Å²) in [5.41, 5.74) is 3.36. The highest BCUT2D eigenvalue weighted by Gasteiger charge is 2.03. The van der Waals surface area contributed by atoms with Crippen molar-refractivity contribution in [2.45, 2.75) is 0 Å². The number of hydrogen-bond acceptors (Lipinski definition) is 3. The predicted molar refractivity (Wildman–Crippen MR) is 99.3 cm³/mol. The van der Waals surface area contributed by atoms with E-state index >= 15 is 0 Å². The van der Waals surface area contributed by atoms with E-state index in [9.17, 15) is 4.79 Å². The Kier molecular flexibility index (Phi) is 5.23. The molecule has 1 amide bonds. The molecule has 0 unspecified atom stereocenters. The smallest absolute Gasteiger partial charge is 0.277 e. The zero-order valence-corrected chi connectivity index (χ0v) is 14.4. The van der Waals surface area contributed by atoms with Crippen LogP contribution >= 0.6 is 15.9 Å². The Labute approximate surface area is 148 Å². The summed E-state index contributed by atoms with van der Waals surface area (Å²) in [6.07, 6.45) is 1.59. The molecule has 24 heavy (non-hydrogen) atoms. The molecular weight excluding hydrogens is 368 g/mol. The van der Waals surface area contributed by atoms with E-state index in [1.54, 1.807) is 6.21 Å². The maximum atomic E-state index is 11.8. The monoisotopic (exact) mass is 382 g/mol. The van der Waals surface area contributed by atoms with E-state index in [-0.39, 0.29) is 12.5 Å². The van der Waals surface area contributed by atoms with Gasteiger partial charge in [-0.25, -0.2) is 5.43 Å². The van der Waals surface area contributed by atoms with Gasteiger partial charge in [-0.3, -0.25) is 4.79 Å². The van der Waals surface area contributed by atoms with Crippen molar-refractivity contribution in [3.05, 3.63) is 76.8 Å². The molecule has 0 heterocycles. The van der Waals surface area contributed by atoms with Crippen LogP contribution in [0, 0.1) is 0 Å². The minimum absolute atomic E-state index is 0.0891. The predicted octanol–water partition coefficient (Wildman–Crippen LogP) is 4.13. The summed E-state index contributed by atoms with van der Waals surface area (Å²) in [4.78, 5) is 11.8. The van der Waals surface area contributed by atoms with Crippen LogP contribution in [0.3, 0.4) is 0 Å². The number of carbonyl (C=O) groups is 1. The molecule has 0 aromatic heterocycles. The molecule has 0 spiro atoms. The Balaban J connectivity index is 1.54. The van der Waals surface area contributed by atoms with Gasteiger partial charge in [0.2, 0.25) is 0 Å². The molecule has 0 radical (unpaired) electrons. The molecule has 0 aliphatic carbocycles. The van der Waals surface area contributed by atoms with Crippen molar-refractivity contribution in [3.8, 4) is 5.75 Å². The molecule has 0 aliphatic rings. The first kappa shape index (κ1) is 16.2. The van der Waals surface area contributed by atoms with E-state index in [0.717, 1.165) is 20.8 Å². The van der Waals surface area contributed by atoms with Crippen molar-refractivity contribution in [2.24, 2.45) is 5.10 Å². The Hall–Kier alpha value is -2.66. The van der Waals surface area contributed by atoms with Gasteiger partial charge in [-0.1, -0.05) is 58.4 Å². The maximum absolute atomic E-state index is 11.8. The Morgan fingerprint density at radius 1 is 1.04 bits per heavy atom. The van der Waals surface area contributed by atoms with E-state index in [1.807, 2.05) is 66.7 Å². The van der Waals surface area contributed by atoms with Crippen LogP contribution in [0.1, 0.15) is 5.56 Å². The molecule has 120 valence electrons. The van der Waals surface area contributed by atoms with Crippen molar-refractivity contribution in [1.82, 2.24) is 5.43 Å². The maximum Gasteiger partial charge on any atom is 0.277 e. The van der Waals surface area contributed by atoms with Crippen LogP contribution < -0.4 is 10.2 Å².